The van der Waals surface area contributed by atoms with Gasteiger partial charge in [0.05, 0.1) is 11.8 Å². The van der Waals surface area contributed by atoms with Gasteiger partial charge in [-0.05, 0) is 162 Å². The second-order valence-electron chi connectivity index (χ2n) is 12.2. The predicted molar refractivity (Wildman–Crippen MR) is 207 cm³/mol. The van der Waals surface area contributed by atoms with Crippen molar-refractivity contribution in [2.75, 3.05) is 0 Å². The first kappa shape index (κ1) is 43.1. The largest absolute Gasteiger partial charge is 2.00 e. The topological polar surface area (TPSA) is 0 Å². The molecule has 0 saturated heterocycles. The Labute approximate surface area is 337 Å². The normalized spacial score (nSPS) is 17.5. The van der Waals surface area contributed by atoms with Crippen LogP contribution in [0.1, 0.15) is 48.6 Å². The molecule has 3 aromatic carbocycles. The van der Waals surface area contributed by atoms with Crippen molar-refractivity contribution in [3.05, 3.63) is 227 Å². The van der Waals surface area contributed by atoms with Crippen LogP contribution in [0.2, 0.25) is 0 Å². The third kappa shape index (κ3) is 15.3. The summed E-state index contributed by atoms with van der Waals surface area (Å²) in [5, 5.41) is 0. The van der Waals surface area contributed by atoms with E-state index in [4.69, 9.17) is 6.42 Å². The van der Waals surface area contributed by atoms with Crippen molar-refractivity contribution >= 4 is 11.8 Å². The van der Waals surface area contributed by atoms with Crippen LogP contribution in [0.5, 0.6) is 0 Å². The van der Waals surface area contributed by atoms with Crippen LogP contribution in [-0.4, -0.2) is 4.75 Å². The van der Waals surface area contributed by atoms with E-state index in [1.165, 1.54) is 27.9 Å². The molecule has 3 heteroatoms. The van der Waals surface area contributed by atoms with E-state index in [2.05, 4.69) is 137 Å². The number of benzene rings is 3. The molecule has 0 aromatic heterocycles. The zero-order valence-electron chi connectivity index (χ0n) is 28.9. The number of rotatable bonds is 3. The summed E-state index contributed by atoms with van der Waals surface area (Å²) in [5.74, 6) is 19.9. The molecule has 4 aliphatic rings. The van der Waals surface area contributed by atoms with Crippen LogP contribution >= 0.6 is 11.8 Å². The van der Waals surface area contributed by atoms with Crippen LogP contribution in [0.25, 0.3) is 0 Å². The molecule has 0 aliphatic heterocycles. The molecule has 0 spiro atoms. The SMILES string of the molecule is C#Cc1ccc([C]2[CH][CH][CH][CH]2)cc1.C(#Cc1ccc([C]2[CH][CH][CH][CH]2)cc1)[C]1[CH][CH][CH][CH]1.CC(C)(C)Sc1ccc(C#C[C]2[CH][CH][CH][CH]2)cc1.[Fe+2].[Fe+2]. The van der Waals surface area contributed by atoms with Crippen molar-refractivity contribution in [2.24, 2.45) is 0 Å². The molecule has 0 unspecified atom stereocenters. The van der Waals surface area contributed by atoms with Gasteiger partial charge in [-0.1, -0.05) is 74.6 Å². The Morgan fingerprint density at radius 1 is 0.431 bits per heavy atom. The molecule has 20 radical (unpaired) electrons. The van der Waals surface area contributed by atoms with Crippen LogP contribution in [0.4, 0.5) is 0 Å². The van der Waals surface area contributed by atoms with Gasteiger partial charge in [0.15, 0.2) is 0 Å². The Balaban J connectivity index is 0.000000205. The Hall–Kier alpha value is -2.27. The first-order chi connectivity index (χ1) is 23.8. The zero-order chi connectivity index (χ0) is 34.3. The average Bonchev–Trinajstić information content (AvgIpc) is 3.96. The van der Waals surface area contributed by atoms with Crippen LogP contribution in [0.15, 0.2) is 77.7 Å². The molecule has 0 heterocycles. The van der Waals surface area contributed by atoms with Crippen LogP contribution in [0.3, 0.4) is 0 Å². The van der Waals surface area contributed by atoms with Gasteiger partial charge in [0.1, 0.15) is 0 Å². The molecule has 51 heavy (non-hydrogen) atoms. The third-order valence-corrected chi connectivity index (χ3v) is 8.35. The first-order valence-electron chi connectivity index (χ1n) is 16.2. The van der Waals surface area contributed by atoms with E-state index in [-0.39, 0.29) is 38.9 Å². The summed E-state index contributed by atoms with van der Waals surface area (Å²) >= 11 is 1.88. The monoisotopic (exact) mass is 758 g/mol. The van der Waals surface area contributed by atoms with Gasteiger partial charge < -0.3 is 0 Å². The summed E-state index contributed by atoms with van der Waals surface area (Å²) in [6.45, 7) is 6.67. The summed E-state index contributed by atoms with van der Waals surface area (Å²) in [7, 11) is 0. The van der Waals surface area contributed by atoms with Crippen molar-refractivity contribution in [3.8, 4) is 36.0 Å². The maximum absolute atomic E-state index is 5.27. The standard InChI is InChI=1S/C18H12.C17H17S.C13H9.2Fe/c1-2-6-15(5-1)9-10-16-11-13-18(14-12-16)17-7-3-4-8-17;1-17(2,3)18-16-12-10-15(11-13-16)9-8-14-6-4-5-7-14;1-2-11-7-9-13(10-8-11)12-5-3-4-6-12;;/h1-8,11-14H;4-7,10-13H,1-3H3;1,3-10H;;/q;;;2*+2. The third-order valence-electron chi connectivity index (χ3n) is 7.23. The summed E-state index contributed by atoms with van der Waals surface area (Å²) in [6, 6.07) is 24.8. The first-order valence-corrected chi connectivity index (χ1v) is 17.0. The van der Waals surface area contributed by atoms with E-state index in [0.29, 0.717) is 0 Å². The number of thioether (sulfide) groups is 1. The number of hydrogen-bond donors (Lipinski definition) is 0. The molecular formula is C48H38Fe2S+4. The molecule has 248 valence electrons. The van der Waals surface area contributed by atoms with Crippen molar-refractivity contribution in [2.45, 2.75) is 30.4 Å². The number of terminal acetylenes is 1. The van der Waals surface area contributed by atoms with Gasteiger partial charge >= 0.3 is 34.1 Å². The molecule has 4 fully saturated rings. The second kappa shape index (κ2) is 22.7. The van der Waals surface area contributed by atoms with Crippen LogP contribution in [-0.2, 0) is 34.1 Å². The van der Waals surface area contributed by atoms with E-state index in [0.717, 1.165) is 28.5 Å². The molecule has 4 saturated carbocycles. The molecular weight excluding hydrogens is 720 g/mol. The Morgan fingerprint density at radius 3 is 1.12 bits per heavy atom. The number of hydrogen-bond acceptors (Lipinski definition) is 1. The van der Waals surface area contributed by atoms with Crippen molar-refractivity contribution < 1.29 is 34.1 Å². The van der Waals surface area contributed by atoms with Gasteiger partial charge in [-0.25, -0.2) is 0 Å². The zero-order valence-corrected chi connectivity index (χ0v) is 31.9. The van der Waals surface area contributed by atoms with Crippen molar-refractivity contribution in [3.63, 3.8) is 0 Å². The van der Waals surface area contributed by atoms with Gasteiger partial charge in [-0.2, -0.15) is 0 Å². The second-order valence-corrected chi connectivity index (χ2v) is 14.1. The fourth-order valence-electron chi connectivity index (χ4n) is 4.80. The van der Waals surface area contributed by atoms with E-state index in [9.17, 15) is 0 Å². The summed E-state index contributed by atoms with van der Waals surface area (Å²) in [4.78, 5) is 1.29. The minimum Gasteiger partial charge on any atom is -0.120 e. The van der Waals surface area contributed by atoms with Gasteiger partial charge in [0.25, 0.3) is 0 Å². The molecule has 0 N–H and O–H groups in total. The molecule has 4 aliphatic carbocycles. The molecule has 0 bridgehead atoms. The Morgan fingerprint density at radius 2 is 0.765 bits per heavy atom. The smallest absolute Gasteiger partial charge is 0.120 e. The predicted octanol–water partition coefficient (Wildman–Crippen LogP) is 9.95. The summed E-state index contributed by atoms with van der Waals surface area (Å²) < 4.78 is 0.252. The van der Waals surface area contributed by atoms with Gasteiger partial charge in [-0.15, -0.1) is 18.2 Å². The summed E-state index contributed by atoms with van der Waals surface area (Å²) in [6.07, 6.45) is 38.0. The van der Waals surface area contributed by atoms with Crippen LogP contribution in [0, 0.1) is 162 Å². The van der Waals surface area contributed by atoms with E-state index in [1.54, 1.807) is 0 Å². The van der Waals surface area contributed by atoms with Gasteiger partial charge in [0, 0.05) is 38.2 Å². The van der Waals surface area contributed by atoms with Crippen LogP contribution < -0.4 is 0 Å². The quantitative estimate of drug-likeness (QED) is 0.146. The van der Waals surface area contributed by atoms with E-state index < -0.39 is 0 Å². The minimum atomic E-state index is 0. The molecule has 0 nitrogen and oxygen atoms in total. The van der Waals surface area contributed by atoms with Crippen molar-refractivity contribution in [1.29, 1.82) is 0 Å². The summed E-state index contributed by atoms with van der Waals surface area (Å²) in [5.41, 5.74) is 5.49. The van der Waals surface area contributed by atoms with Crippen molar-refractivity contribution in [1.82, 2.24) is 0 Å². The minimum absolute atomic E-state index is 0. The fourth-order valence-corrected chi connectivity index (χ4v) is 5.78. The molecule has 0 atom stereocenters. The molecule has 3 aromatic rings. The van der Waals surface area contributed by atoms with Gasteiger partial charge in [0.2, 0.25) is 0 Å². The fraction of sp³-hybridized carbons (Fsp3) is 0.0833. The average molecular weight is 759 g/mol. The van der Waals surface area contributed by atoms with Gasteiger partial charge in [-0.3, -0.25) is 0 Å². The van der Waals surface area contributed by atoms with E-state index in [1.807, 2.05) is 100 Å². The molecule has 0 amide bonds. The maximum Gasteiger partial charge on any atom is 2.00 e. The maximum atomic E-state index is 5.27. The Kier molecular flexibility index (Phi) is 19.2. The molecule has 7 rings (SSSR count). The van der Waals surface area contributed by atoms with E-state index >= 15 is 0 Å². The Bertz CT molecular complexity index is 1580.